The minimum atomic E-state index is -0.161. The smallest absolute Gasteiger partial charge is 0.252 e. The summed E-state index contributed by atoms with van der Waals surface area (Å²) in [6, 6.07) is 3.50. The zero-order valence-corrected chi connectivity index (χ0v) is 18.2. The van der Waals surface area contributed by atoms with Gasteiger partial charge >= 0.3 is 0 Å². The predicted molar refractivity (Wildman–Crippen MR) is 105 cm³/mol. The number of nitrogens with one attached hydrogen (secondary N) is 2. The van der Waals surface area contributed by atoms with E-state index in [4.69, 9.17) is 0 Å². The number of carbonyl (C=O) groups is 2. The van der Waals surface area contributed by atoms with Crippen LogP contribution in [0.3, 0.4) is 0 Å². The van der Waals surface area contributed by atoms with Crippen molar-refractivity contribution < 1.29 is 9.59 Å². The Kier molecular flexibility index (Phi) is 7.93. The van der Waals surface area contributed by atoms with Crippen LogP contribution in [0.1, 0.15) is 62.3 Å². The van der Waals surface area contributed by atoms with Gasteiger partial charge in [0.15, 0.2) is 0 Å². The van der Waals surface area contributed by atoms with E-state index >= 15 is 0 Å². The molecular formula is C18H26Br2N2O2. The molecule has 0 saturated heterocycles. The number of amides is 2. The molecule has 1 aromatic carbocycles. The molecule has 0 spiro atoms. The monoisotopic (exact) mass is 460 g/mol. The molecule has 2 atom stereocenters. The third-order valence-electron chi connectivity index (χ3n) is 4.26. The lowest BCUT2D eigenvalue weighted by Gasteiger charge is -2.20. The molecule has 4 nitrogen and oxygen atoms in total. The summed E-state index contributed by atoms with van der Waals surface area (Å²) in [7, 11) is 0. The van der Waals surface area contributed by atoms with E-state index in [1.165, 1.54) is 0 Å². The molecular weight excluding hydrogens is 436 g/mol. The van der Waals surface area contributed by atoms with Gasteiger partial charge in [-0.15, -0.1) is 0 Å². The van der Waals surface area contributed by atoms with Crippen molar-refractivity contribution >= 4 is 43.7 Å². The first kappa shape index (κ1) is 21.2. The molecule has 6 heteroatoms. The lowest BCUT2D eigenvalue weighted by Crippen LogP contribution is -2.37. The molecule has 0 saturated carbocycles. The van der Waals surface area contributed by atoms with Gasteiger partial charge in [0, 0.05) is 21.0 Å². The van der Waals surface area contributed by atoms with Crippen molar-refractivity contribution in [3.05, 3.63) is 32.2 Å². The molecule has 0 bridgehead atoms. The fraction of sp³-hybridized carbons (Fsp3) is 0.556. The highest BCUT2D eigenvalue weighted by Gasteiger charge is 2.20. The Morgan fingerprint density at radius 1 is 0.750 bits per heavy atom. The number of rotatable bonds is 6. The largest absolute Gasteiger partial charge is 0.349 e. The third-order valence-corrected chi connectivity index (χ3v) is 5.58. The quantitative estimate of drug-likeness (QED) is 0.641. The number of halogens is 2. The van der Waals surface area contributed by atoms with E-state index < -0.39 is 0 Å². The predicted octanol–water partition coefficient (Wildman–Crippen LogP) is 4.76. The Bertz CT molecular complexity index is 562. The van der Waals surface area contributed by atoms with Gasteiger partial charge in [-0.2, -0.15) is 0 Å². The average molecular weight is 462 g/mol. The van der Waals surface area contributed by atoms with Crippen LogP contribution < -0.4 is 10.6 Å². The van der Waals surface area contributed by atoms with Crippen molar-refractivity contribution in [2.75, 3.05) is 0 Å². The second kappa shape index (κ2) is 8.99. The van der Waals surface area contributed by atoms with Crippen LogP contribution in [0.25, 0.3) is 0 Å². The molecule has 24 heavy (non-hydrogen) atoms. The van der Waals surface area contributed by atoms with E-state index in [9.17, 15) is 9.59 Å². The van der Waals surface area contributed by atoms with Gasteiger partial charge < -0.3 is 10.6 Å². The Hall–Kier alpha value is -0.880. The summed E-state index contributed by atoms with van der Waals surface area (Å²) in [6.07, 6.45) is 0. The van der Waals surface area contributed by atoms with Gasteiger partial charge in [-0.25, -0.2) is 0 Å². The van der Waals surface area contributed by atoms with Gasteiger partial charge in [-0.1, -0.05) is 27.7 Å². The van der Waals surface area contributed by atoms with E-state index in [-0.39, 0.29) is 23.9 Å². The number of benzene rings is 1. The molecule has 0 aliphatic heterocycles. The Morgan fingerprint density at radius 3 is 1.29 bits per heavy atom. The Balaban J connectivity index is 3.01. The summed E-state index contributed by atoms with van der Waals surface area (Å²) in [5.74, 6) is 0.370. The molecule has 1 rings (SSSR count). The fourth-order valence-corrected chi connectivity index (χ4v) is 2.84. The zero-order chi connectivity index (χ0) is 18.6. The molecule has 0 radical (unpaired) electrons. The first-order chi connectivity index (χ1) is 11.0. The van der Waals surface area contributed by atoms with E-state index in [0.717, 1.165) is 0 Å². The normalized spacial score (nSPS) is 13.8. The lowest BCUT2D eigenvalue weighted by molar-refractivity contribution is 0.0917. The highest BCUT2D eigenvalue weighted by Crippen LogP contribution is 2.26. The van der Waals surface area contributed by atoms with E-state index in [0.29, 0.717) is 31.9 Å². The lowest BCUT2D eigenvalue weighted by atomic mass is 10.0. The van der Waals surface area contributed by atoms with Crippen LogP contribution in [0.2, 0.25) is 0 Å². The molecule has 0 unspecified atom stereocenters. The standard InChI is InChI=1S/C18H26Br2N2O2/c1-9(2)11(5)21-17(23)13-7-16(20)14(8-15(13)19)18(24)22-12(6)10(3)4/h7-12H,1-6H3,(H,21,23)(H,22,24)/t11-,12+. The first-order valence-electron chi connectivity index (χ1n) is 8.15. The molecule has 0 aliphatic carbocycles. The van der Waals surface area contributed by atoms with Gasteiger partial charge in [-0.3, -0.25) is 9.59 Å². The van der Waals surface area contributed by atoms with Crippen LogP contribution in [0, 0.1) is 11.8 Å². The van der Waals surface area contributed by atoms with Crippen LogP contribution in [-0.4, -0.2) is 23.9 Å². The number of hydrogen-bond donors (Lipinski definition) is 2. The minimum absolute atomic E-state index is 0.0676. The van der Waals surface area contributed by atoms with Crippen LogP contribution >= 0.6 is 31.9 Å². The van der Waals surface area contributed by atoms with E-state index in [1.54, 1.807) is 12.1 Å². The average Bonchev–Trinajstić information content (AvgIpc) is 2.48. The van der Waals surface area contributed by atoms with Gasteiger partial charge in [-0.05, 0) is 69.7 Å². The summed E-state index contributed by atoms with van der Waals surface area (Å²) >= 11 is 6.82. The van der Waals surface area contributed by atoms with Crippen molar-refractivity contribution in [3.8, 4) is 0 Å². The van der Waals surface area contributed by atoms with E-state index in [1.807, 2.05) is 13.8 Å². The van der Waals surface area contributed by atoms with Crippen LogP contribution in [0.15, 0.2) is 21.1 Å². The van der Waals surface area contributed by atoms with Crippen LogP contribution in [-0.2, 0) is 0 Å². The van der Waals surface area contributed by atoms with Crippen molar-refractivity contribution in [1.82, 2.24) is 10.6 Å². The highest BCUT2D eigenvalue weighted by atomic mass is 79.9. The molecule has 0 fully saturated rings. The van der Waals surface area contributed by atoms with E-state index in [2.05, 4.69) is 70.2 Å². The summed E-state index contributed by atoms with van der Waals surface area (Å²) in [4.78, 5) is 24.8. The van der Waals surface area contributed by atoms with Gasteiger partial charge in [0.2, 0.25) is 0 Å². The van der Waals surface area contributed by atoms with Gasteiger partial charge in [0.25, 0.3) is 11.8 Å². The molecule has 1 aromatic rings. The van der Waals surface area contributed by atoms with Crippen LogP contribution in [0.5, 0.6) is 0 Å². The first-order valence-corrected chi connectivity index (χ1v) is 9.74. The van der Waals surface area contributed by atoms with Crippen molar-refractivity contribution in [3.63, 3.8) is 0 Å². The SMILES string of the molecule is CC(C)[C@H](C)NC(=O)c1cc(Br)c(C(=O)N[C@H](C)C(C)C)cc1Br. The maximum atomic E-state index is 12.4. The third kappa shape index (κ3) is 5.59. The fourth-order valence-electron chi connectivity index (χ4n) is 1.80. The molecule has 2 N–H and O–H groups in total. The maximum absolute atomic E-state index is 12.4. The summed E-state index contributed by atoms with van der Waals surface area (Å²) in [6.45, 7) is 12.2. The number of hydrogen-bond acceptors (Lipinski definition) is 2. The second-order valence-electron chi connectivity index (χ2n) is 6.82. The zero-order valence-electron chi connectivity index (χ0n) is 15.0. The summed E-state index contributed by atoms with van der Waals surface area (Å²) < 4.78 is 1.20. The van der Waals surface area contributed by atoms with Crippen molar-refractivity contribution in [1.29, 1.82) is 0 Å². The summed E-state index contributed by atoms with van der Waals surface area (Å²) in [5.41, 5.74) is 1.01. The molecule has 134 valence electrons. The molecule has 0 heterocycles. The molecule has 2 amide bonds. The van der Waals surface area contributed by atoms with Crippen molar-refractivity contribution in [2.24, 2.45) is 11.8 Å². The van der Waals surface area contributed by atoms with Gasteiger partial charge in [0.1, 0.15) is 0 Å². The topological polar surface area (TPSA) is 58.2 Å². The Labute approximate surface area is 161 Å². The number of carbonyl (C=O) groups excluding carboxylic acids is 2. The van der Waals surface area contributed by atoms with Crippen molar-refractivity contribution in [2.45, 2.75) is 53.6 Å². The molecule has 0 aromatic heterocycles. The van der Waals surface area contributed by atoms with Crippen LogP contribution in [0.4, 0.5) is 0 Å². The summed E-state index contributed by atoms with van der Waals surface area (Å²) in [5, 5.41) is 5.94. The maximum Gasteiger partial charge on any atom is 0.252 e. The van der Waals surface area contributed by atoms with Gasteiger partial charge in [0.05, 0.1) is 11.1 Å². The Morgan fingerprint density at radius 2 is 1.04 bits per heavy atom. The minimum Gasteiger partial charge on any atom is -0.349 e. The highest BCUT2D eigenvalue weighted by molar-refractivity contribution is 9.11. The second-order valence-corrected chi connectivity index (χ2v) is 8.53. The molecule has 0 aliphatic rings.